The number of aryl methyl sites for hydroxylation is 1. The first kappa shape index (κ1) is 22.9. The molecule has 1 heterocycles. The van der Waals surface area contributed by atoms with E-state index in [1.807, 2.05) is 36.4 Å². The molecule has 0 aliphatic heterocycles. The van der Waals surface area contributed by atoms with E-state index >= 15 is 0 Å². The van der Waals surface area contributed by atoms with Crippen LogP contribution in [0.4, 0.5) is 0 Å². The molecular formula is C25H21BN6O2. The maximum atomic E-state index is 11.7. The summed E-state index contributed by atoms with van der Waals surface area (Å²) in [7, 11) is 9.04. The molecule has 4 N–H and O–H groups in total. The van der Waals surface area contributed by atoms with Crippen LogP contribution < -0.4 is 11.2 Å². The van der Waals surface area contributed by atoms with Crippen molar-refractivity contribution in [1.29, 1.82) is 5.26 Å². The molecule has 0 aliphatic rings. The van der Waals surface area contributed by atoms with E-state index in [2.05, 4.69) is 21.7 Å². The first-order valence-electron chi connectivity index (χ1n) is 10.4. The molecule has 0 bridgehead atoms. The van der Waals surface area contributed by atoms with Crippen LogP contribution in [0.15, 0.2) is 65.9 Å². The number of nitrogens with two attached hydrogens (primary N) is 1. The van der Waals surface area contributed by atoms with Gasteiger partial charge in [0.05, 0.1) is 17.5 Å². The predicted molar refractivity (Wildman–Crippen MR) is 132 cm³/mol. The predicted octanol–water partition coefficient (Wildman–Crippen LogP) is 2.29. The van der Waals surface area contributed by atoms with Crippen molar-refractivity contribution in [3.05, 3.63) is 77.5 Å². The molecule has 0 amide bonds. The zero-order valence-corrected chi connectivity index (χ0v) is 18.6. The Bertz CT molecular complexity index is 1480. The summed E-state index contributed by atoms with van der Waals surface area (Å²) in [6.07, 6.45) is 2.31. The third kappa shape index (κ3) is 3.97. The average Bonchev–Trinajstić information content (AvgIpc) is 3.21. The van der Waals surface area contributed by atoms with Gasteiger partial charge in [0.1, 0.15) is 25.3 Å². The number of aldehydes is 1. The lowest BCUT2D eigenvalue weighted by Crippen LogP contribution is -2.49. The van der Waals surface area contributed by atoms with Crippen LogP contribution in [-0.2, 0) is 7.05 Å². The summed E-state index contributed by atoms with van der Waals surface area (Å²) < 4.78 is 1.69. The second-order valence-corrected chi connectivity index (χ2v) is 7.78. The topological polar surface area (TPSA) is 129 Å². The van der Waals surface area contributed by atoms with Gasteiger partial charge in [-0.25, -0.2) is 0 Å². The van der Waals surface area contributed by atoms with Crippen molar-refractivity contribution in [2.75, 3.05) is 7.05 Å². The van der Waals surface area contributed by atoms with E-state index in [0.717, 1.165) is 27.6 Å². The van der Waals surface area contributed by atoms with Gasteiger partial charge in [0.2, 0.25) is 0 Å². The number of fused-ring (bicyclic) bond motifs is 1. The summed E-state index contributed by atoms with van der Waals surface area (Å²) in [6, 6.07) is 18.9. The molecule has 9 heteroatoms. The van der Waals surface area contributed by atoms with Gasteiger partial charge in [0, 0.05) is 41.7 Å². The fraction of sp³-hybridized carbons (Fsp3) is 0.120. The van der Waals surface area contributed by atoms with Crippen LogP contribution in [0.5, 0.6) is 0 Å². The second-order valence-electron chi connectivity index (χ2n) is 7.78. The number of benzene rings is 3. The maximum absolute atomic E-state index is 11.7. The van der Waals surface area contributed by atoms with Crippen LogP contribution in [0.25, 0.3) is 33.2 Å². The number of nitriles is 1. The summed E-state index contributed by atoms with van der Waals surface area (Å²) in [4.78, 5) is 11.7. The minimum Gasteiger partial charge on any atom is -0.379 e. The zero-order chi connectivity index (χ0) is 24.5. The molecule has 166 valence electrons. The molecule has 0 saturated carbocycles. The molecule has 4 rings (SSSR count). The Hall–Kier alpha value is -4.26. The van der Waals surface area contributed by atoms with Gasteiger partial charge in [-0.05, 0) is 17.0 Å². The van der Waals surface area contributed by atoms with E-state index in [-0.39, 0.29) is 16.8 Å². The van der Waals surface area contributed by atoms with Crippen molar-refractivity contribution in [3.63, 3.8) is 0 Å². The Morgan fingerprint density at radius 1 is 1.26 bits per heavy atom. The fourth-order valence-electron chi connectivity index (χ4n) is 4.07. The van der Waals surface area contributed by atoms with Crippen LogP contribution in [0.3, 0.4) is 0 Å². The molecule has 0 saturated heterocycles. The molecule has 0 aliphatic carbocycles. The van der Waals surface area contributed by atoms with Crippen LogP contribution in [-0.4, -0.2) is 47.4 Å². The molecule has 0 fully saturated rings. The summed E-state index contributed by atoms with van der Waals surface area (Å²) in [5.41, 5.74) is 9.76. The molecule has 4 aromatic rings. The smallest absolute Gasteiger partial charge is 0.150 e. The van der Waals surface area contributed by atoms with Crippen molar-refractivity contribution in [2.24, 2.45) is 17.9 Å². The quantitative estimate of drug-likeness (QED) is 0.137. The number of rotatable bonds is 6. The van der Waals surface area contributed by atoms with Gasteiger partial charge in [-0.15, -0.1) is 0 Å². The first-order valence-corrected chi connectivity index (χ1v) is 10.4. The van der Waals surface area contributed by atoms with Gasteiger partial charge in [0.15, 0.2) is 6.29 Å². The lowest BCUT2D eigenvalue weighted by Gasteiger charge is -2.22. The third-order valence-corrected chi connectivity index (χ3v) is 5.58. The van der Waals surface area contributed by atoms with Crippen LogP contribution in [0.2, 0.25) is 0 Å². The number of aromatic nitrogens is 2. The van der Waals surface area contributed by atoms with Crippen LogP contribution >= 0.6 is 0 Å². The molecule has 1 atom stereocenters. The van der Waals surface area contributed by atoms with E-state index in [9.17, 15) is 15.2 Å². The van der Waals surface area contributed by atoms with Crippen molar-refractivity contribution in [3.8, 4) is 28.5 Å². The molecule has 0 spiro atoms. The highest BCUT2D eigenvalue weighted by Gasteiger charge is 2.27. The summed E-state index contributed by atoms with van der Waals surface area (Å²) in [6.45, 7) is 0. The van der Waals surface area contributed by atoms with E-state index < -0.39 is 5.62 Å². The van der Waals surface area contributed by atoms with Gasteiger partial charge < -0.3 is 16.3 Å². The average molecular weight is 448 g/mol. The molecule has 2 radical (unpaired) electrons. The van der Waals surface area contributed by atoms with Crippen LogP contribution in [0, 0.1) is 11.3 Å². The lowest BCUT2D eigenvalue weighted by molar-refractivity contribution is 0.112. The molecule has 34 heavy (non-hydrogen) atoms. The standard InChI is InChI=1S/C25H21BN6O2/c1-29-31-24(25(26,28)34)20-11-16(7-8-17(20)14-33)22-13-30-32(2)23(22)19-10-9-15-5-3-4-6-18(15)21(19)12-27/h3-11,13-14,29,34H,28H2,1-2H3/b31-24+. The zero-order valence-electron chi connectivity index (χ0n) is 18.6. The Morgan fingerprint density at radius 2 is 2.03 bits per heavy atom. The molecule has 1 aromatic heterocycles. The second kappa shape index (κ2) is 8.94. The maximum Gasteiger partial charge on any atom is 0.150 e. The number of hydrogen-bond acceptors (Lipinski definition) is 7. The van der Waals surface area contributed by atoms with Crippen molar-refractivity contribution >= 4 is 30.6 Å². The SMILES string of the molecule is [B]C(N)(O)/C(=N/NC)c1cc(-c2cnn(C)c2-c2ccc3ccccc3c2C#N)ccc1C=O. The highest BCUT2D eigenvalue weighted by Crippen LogP contribution is 2.37. The molecule has 3 aromatic carbocycles. The normalized spacial score (nSPS) is 13.3. The first-order chi connectivity index (χ1) is 16.3. The highest BCUT2D eigenvalue weighted by atomic mass is 16.3. The van der Waals surface area contributed by atoms with Gasteiger partial charge in [-0.3, -0.25) is 9.48 Å². The van der Waals surface area contributed by atoms with E-state index in [0.29, 0.717) is 17.4 Å². The molecule has 1 unspecified atom stereocenters. The van der Waals surface area contributed by atoms with E-state index in [4.69, 9.17) is 13.6 Å². The number of nitrogens with zero attached hydrogens (tertiary/aromatic N) is 4. The number of hydrazone groups is 1. The minimum atomic E-state index is -2.29. The monoisotopic (exact) mass is 448 g/mol. The molecule has 8 nitrogen and oxygen atoms in total. The van der Waals surface area contributed by atoms with Gasteiger partial charge in [-0.1, -0.05) is 48.5 Å². The Morgan fingerprint density at radius 3 is 2.71 bits per heavy atom. The van der Waals surface area contributed by atoms with Gasteiger partial charge in [-0.2, -0.15) is 15.5 Å². The molecular weight excluding hydrogens is 427 g/mol. The minimum absolute atomic E-state index is 0.104. The van der Waals surface area contributed by atoms with E-state index in [1.54, 1.807) is 36.1 Å². The number of aliphatic hydroxyl groups is 1. The highest BCUT2D eigenvalue weighted by molar-refractivity contribution is 6.33. The lowest BCUT2D eigenvalue weighted by atomic mass is 9.81. The van der Waals surface area contributed by atoms with Crippen LogP contribution in [0.1, 0.15) is 21.5 Å². The summed E-state index contributed by atoms with van der Waals surface area (Å²) in [5.74, 6) is 0. The van der Waals surface area contributed by atoms with Gasteiger partial charge in [0.25, 0.3) is 0 Å². The Kier molecular flexibility index (Phi) is 6.03. The van der Waals surface area contributed by atoms with E-state index in [1.165, 1.54) is 7.05 Å². The van der Waals surface area contributed by atoms with Gasteiger partial charge >= 0.3 is 0 Å². The number of carbonyl (C=O) groups is 1. The Balaban J connectivity index is 1.97. The number of carbonyl (C=O) groups excluding carboxylic acids is 1. The number of hydrogen-bond donors (Lipinski definition) is 3. The van der Waals surface area contributed by atoms with Crippen molar-refractivity contribution in [1.82, 2.24) is 15.2 Å². The fourth-order valence-corrected chi connectivity index (χ4v) is 4.07. The largest absolute Gasteiger partial charge is 0.379 e. The third-order valence-electron chi connectivity index (χ3n) is 5.58. The summed E-state index contributed by atoms with van der Waals surface area (Å²) >= 11 is 0. The van der Waals surface area contributed by atoms with Crippen molar-refractivity contribution < 1.29 is 9.90 Å². The Labute approximate surface area is 197 Å². The summed E-state index contributed by atoms with van der Waals surface area (Å²) in [5, 5.41) is 30.5. The van der Waals surface area contributed by atoms with Crippen molar-refractivity contribution in [2.45, 2.75) is 5.62 Å². The number of nitrogens with one attached hydrogen (secondary N) is 1.